The lowest BCUT2D eigenvalue weighted by molar-refractivity contribution is -0.159. The van der Waals surface area contributed by atoms with E-state index in [0.717, 1.165) is 24.0 Å². The van der Waals surface area contributed by atoms with Gasteiger partial charge in [-0.1, -0.05) is 91.0 Å². The van der Waals surface area contributed by atoms with Crippen LogP contribution in [0.3, 0.4) is 0 Å². The minimum absolute atomic E-state index is 0.177. The van der Waals surface area contributed by atoms with Gasteiger partial charge in [-0.25, -0.2) is 4.79 Å². The normalized spacial score (nSPS) is 15.5. The fraction of sp³-hybridized carbons (Fsp3) is 0.250. The predicted molar refractivity (Wildman–Crippen MR) is 123 cm³/mol. The van der Waals surface area contributed by atoms with Crippen molar-refractivity contribution in [3.63, 3.8) is 0 Å². The quantitative estimate of drug-likeness (QED) is 0.462. The second kappa shape index (κ2) is 9.65. The van der Waals surface area contributed by atoms with Gasteiger partial charge < -0.3 is 9.84 Å². The van der Waals surface area contributed by atoms with Crippen molar-refractivity contribution in [3.05, 3.63) is 119 Å². The van der Waals surface area contributed by atoms with Gasteiger partial charge in [0.1, 0.15) is 11.4 Å². The Morgan fingerprint density at radius 1 is 0.710 bits per heavy atom. The van der Waals surface area contributed by atoms with Crippen molar-refractivity contribution in [1.82, 2.24) is 0 Å². The van der Waals surface area contributed by atoms with Gasteiger partial charge in [-0.3, -0.25) is 0 Å². The largest absolute Gasteiger partial charge is 0.512 e. The van der Waals surface area contributed by atoms with Crippen LogP contribution in [0.4, 0.5) is 0 Å². The number of aliphatic hydroxyl groups is 1. The summed E-state index contributed by atoms with van der Waals surface area (Å²) in [5.74, 6) is -0.208. The summed E-state index contributed by atoms with van der Waals surface area (Å²) in [4.78, 5) is 13.0. The lowest BCUT2D eigenvalue weighted by atomic mass is 9.81. The highest BCUT2D eigenvalue weighted by atomic mass is 16.6. The molecule has 31 heavy (non-hydrogen) atoms. The lowest BCUT2D eigenvalue weighted by Crippen LogP contribution is -2.44. The van der Waals surface area contributed by atoms with Gasteiger partial charge >= 0.3 is 5.97 Å². The average Bonchev–Trinajstić information content (AvgIpc) is 2.78. The molecule has 0 aliphatic carbocycles. The van der Waals surface area contributed by atoms with Crippen molar-refractivity contribution in [2.75, 3.05) is 0 Å². The summed E-state index contributed by atoms with van der Waals surface area (Å²) >= 11 is 0. The SMILES string of the molecule is O=C1OC(Cc2ccccc2)(Cc2ccccc2)CC(O)=C1CCCc1ccccc1. The summed E-state index contributed by atoms with van der Waals surface area (Å²) in [6, 6.07) is 30.2. The fourth-order valence-electron chi connectivity index (χ4n) is 4.38. The Labute approximate surface area is 184 Å². The smallest absolute Gasteiger partial charge is 0.337 e. The molecule has 3 heteroatoms. The van der Waals surface area contributed by atoms with Gasteiger partial charge in [-0.2, -0.15) is 0 Å². The molecular formula is C28H28O3. The van der Waals surface area contributed by atoms with E-state index in [-0.39, 0.29) is 11.7 Å². The van der Waals surface area contributed by atoms with E-state index < -0.39 is 5.60 Å². The highest BCUT2D eigenvalue weighted by Crippen LogP contribution is 2.36. The van der Waals surface area contributed by atoms with Crippen LogP contribution < -0.4 is 0 Å². The fourth-order valence-corrected chi connectivity index (χ4v) is 4.38. The number of cyclic esters (lactones) is 1. The second-order valence-corrected chi connectivity index (χ2v) is 8.34. The summed E-state index contributed by atoms with van der Waals surface area (Å²) in [5.41, 5.74) is 3.05. The molecule has 0 amide bonds. The van der Waals surface area contributed by atoms with Gasteiger partial charge in [0.2, 0.25) is 0 Å². The highest BCUT2D eigenvalue weighted by molar-refractivity contribution is 5.90. The van der Waals surface area contributed by atoms with Gasteiger partial charge in [0, 0.05) is 19.3 Å². The van der Waals surface area contributed by atoms with Gasteiger partial charge in [0.15, 0.2) is 0 Å². The average molecular weight is 413 g/mol. The summed E-state index contributed by atoms with van der Waals surface area (Å²) in [6.07, 6.45) is 3.65. The summed E-state index contributed by atoms with van der Waals surface area (Å²) in [7, 11) is 0. The Bertz CT molecular complexity index is 982. The molecule has 0 fully saturated rings. The van der Waals surface area contributed by atoms with Gasteiger partial charge in [-0.05, 0) is 36.0 Å². The second-order valence-electron chi connectivity index (χ2n) is 8.34. The van der Waals surface area contributed by atoms with E-state index in [2.05, 4.69) is 12.1 Å². The third-order valence-electron chi connectivity index (χ3n) is 5.87. The Morgan fingerprint density at radius 3 is 1.68 bits per heavy atom. The predicted octanol–water partition coefficient (Wildman–Crippen LogP) is 5.99. The maximum Gasteiger partial charge on any atom is 0.337 e. The summed E-state index contributed by atoms with van der Waals surface area (Å²) in [6.45, 7) is 0. The third kappa shape index (κ3) is 5.43. The van der Waals surface area contributed by atoms with E-state index in [9.17, 15) is 9.90 Å². The Kier molecular flexibility index (Phi) is 6.51. The van der Waals surface area contributed by atoms with Crippen LogP contribution in [0.15, 0.2) is 102 Å². The van der Waals surface area contributed by atoms with Crippen LogP contribution in [-0.4, -0.2) is 16.7 Å². The van der Waals surface area contributed by atoms with Crippen molar-refractivity contribution in [1.29, 1.82) is 0 Å². The Morgan fingerprint density at radius 2 is 1.19 bits per heavy atom. The van der Waals surface area contributed by atoms with Crippen LogP contribution >= 0.6 is 0 Å². The first-order chi connectivity index (χ1) is 15.1. The first-order valence-corrected chi connectivity index (χ1v) is 10.9. The lowest BCUT2D eigenvalue weighted by Gasteiger charge is -2.37. The van der Waals surface area contributed by atoms with E-state index >= 15 is 0 Å². The highest BCUT2D eigenvalue weighted by Gasteiger charge is 2.42. The number of carbonyl (C=O) groups excluding carboxylic acids is 1. The molecule has 1 heterocycles. The van der Waals surface area contributed by atoms with Crippen molar-refractivity contribution >= 4 is 5.97 Å². The minimum Gasteiger partial charge on any atom is -0.512 e. The van der Waals surface area contributed by atoms with Crippen LogP contribution in [0.5, 0.6) is 0 Å². The van der Waals surface area contributed by atoms with E-state index in [1.165, 1.54) is 5.56 Å². The van der Waals surface area contributed by atoms with Crippen molar-refractivity contribution in [2.45, 2.75) is 44.1 Å². The van der Waals surface area contributed by atoms with Gasteiger partial charge in [-0.15, -0.1) is 0 Å². The molecule has 0 radical (unpaired) electrons. The number of benzene rings is 3. The van der Waals surface area contributed by atoms with Crippen molar-refractivity contribution in [3.8, 4) is 0 Å². The maximum atomic E-state index is 13.0. The van der Waals surface area contributed by atoms with Gasteiger partial charge in [0.05, 0.1) is 5.57 Å². The Balaban J connectivity index is 1.53. The number of hydrogen-bond acceptors (Lipinski definition) is 3. The van der Waals surface area contributed by atoms with Crippen molar-refractivity contribution < 1.29 is 14.6 Å². The topological polar surface area (TPSA) is 46.5 Å². The van der Waals surface area contributed by atoms with Gasteiger partial charge in [0.25, 0.3) is 0 Å². The summed E-state index contributed by atoms with van der Waals surface area (Å²) in [5, 5.41) is 10.9. The molecule has 4 rings (SSSR count). The van der Waals surface area contributed by atoms with E-state index in [1.807, 2.05) is 78.9 Å². The molecule has 1 N–H and O–H groups in total. The van der Waals surface area contributed by atoms with Crippen LogP contribution in [0.1, 0.15) is 36.0 Å². The number of hydrogen-bond donors (Lipinski definition) is 1. The number of aryl methyl sites for hydroxylation is 1. The van der Waals surface area contributed by atoms with Crippen LogP contribution in [-0.2, 0) is 28.8 Å². The zero-order valence-corrected chi connectivity index (χ0v) is 17.7. The first-order valence-electron chi connectivity index (χ1n) is 10.9. The minimum atomic E-state index is -0.785. The Hall–Kier alpha value is -3.33. The molecule has 0 spiro atoms. The molecule has 1 aliphatic rings. The number of aliphatic hydroxyl groups excluding tert-OH is 1. The van der Waals surface area contributed by atoms with Crippen LogP contribution in [0.25, 0.3) is 0 Å². The summed E-state index contributed by atoms with van der Waals surface area (Å²) < 4.78 is 6.11. The van der Waals surface area contributed by atoms with E-state index in [0.29, 0.717) is 31.3 Å². The molecule has 158 valence electrons. The first kappa shape index (κ1) is 20.9. The monoisotopic (exact) mass is 412 g/mol. The molecule has 0 saturated heterocycles. The molecule has 1 aliphatic heterocycles. The molecule has 0 atom stereocenters. The van der Waals surface area contributed by atoms with E-state index in [1.54, 1.807) is 0 Å². The molecular weight excluding hydrogens is 384 g/mol. The molecule has 3 aromatic carbocycles. The standard InChI is InChI=1S/C28H28O3/c29-26-21-28(19-23-13-6-2-7-14-23,20-24-15-8-3-9-16-24)31-27(30)25(26)18-10-17-22-11-4-1-5-12-22/h1-9,11-16,29H,10,17-21H2. The number of carbonyl (C=O) groups is 1. The maximum absolute atomic E-state index is 13.0. The molecule has 3 aromatic rings. The van der Waals surface area contributed by atoms with Crippen LogP contribution in [0.2, 0.25) is 0 Å². The zero-order valence-electron chi connectivity index (χ0n) is 17.7. The number of rotatable bonds is 8. The third-order valence-corrected chi connectivity index (χ3v) is 5.87. The number of esters is 1. The van der Waals surface area contributed by atoms with Crippen LogP contribution in [0, 0.1) is 0 Å². The molecule has 0 bridgehead atoms. The molecule has 0 aromatic heterocycles. The molecule has 3 nitrogen and oxygen atoms in total. The van der Waals surface area contributed by atoms with E-state index in [4.69, 9.17) is 4.74 Å². The molecule has 0 saturated carbocycles. The zero-order chi connectivity index (χ0) is 21.5. The number of ether oxygens (including phenoxy) is 1. The van der Waals surface area contributed by atoms with Crippen molar-refractivity contribution in [2.24, 2.45) is 0 Å². The molecule has 0 unspecified atom stereocenters.